The van der Waals surface area contributed by atoms with Gasteiger partial charge in [-0.1, -0.05) is 35.3 Å². The SMILES string of the molecule is CCN(CC)c1ccc(-c2nc3n(n2)C(c2cccc(Cl)c2Cl)C2=C(CCCC2=O)N3)cc1. The molecule has 0 radical (unpaired) electrons. The Morgan fingerprint density at radius 1 is 1.09 bits per heavy atom. The van der Waals surface area contributed by atoms with Crippen molar-refractivity contribution in [1.29, 1.82) is 0 Å². The largest absolute Gasteiger partial charge is 0.372 e. The Morgan fingerprint density at radius 3 is 2.58 bits per heavy atom. The Bertz CT molecular complexity index is 1240. The van der Waals surface area contributed by atoms with Crippen LogP contribution < -0.4 is 10.2 Å². The summed E-state index contributed by atoms with van der Waals surface area (Å²) in [4.78, 5) is 20.1. The second-order valence-electron chi connectivity index (χ2n) is 8.26. The first-order valence-corrected chi connectivity index (χ1v) is 12.1. The first-order chi connectivity index (χ1) is 16.0. The van der Waals surface area contributed by atoms with Crippen LogP contribution in [0.3, 0.4) is 0 Å². The van der Waals surface area contributed by atoms with Crippen LogP contribution in [-0.2, 0) is 4.79 Å². The predicted octanol–water partition coefficient (Wildman–Crippen LogP) is 6.12. The van der Waals surface area contributed by atoms with Crippen LogP contribution in [0, 0.1) is 0 Å². The third-order valence-electron chi connectivity index (χ3n) is 6.40. The summed E-state index contributed by atoms with van der Waals surface area (Å²) in [5, 5.41) is 9.08. The Labute approximate surface area is 203 Å². The lowest BCUT2D eigenvalue weighted by Gasteiger charge is -2.32. The summed E-state index contributed by atoms with van der Waals surface area (Å²) in [6.07, 6.45) is 2.11. The highest BCUT2D eigenvalue weighted by molar-refractivity contribution is 6.42. The van der Waals surface area contributed by atoms with Crippen LogP contribution in [0.25, 0.3) is 11.4 Å². The lowest BCUT2D eigenvalue weighted by molar-refractivity contribution is -0.116. The normalized spacial score (nSPS) is 17.5. The van der Waals surface area contributed by atoms with E-state index in [9.17, 15) is 4.79 Å². The van der Waals surface area contributed by atoms with Crippen LogP contribution in [0.2, 0.25) is 10.0 Å². The number of hydrogen-bond acceptors (Lipinski definition) is 5. The summed E-state index contributed by atoms with van der Waals surface area (Å²) >= 11 is 13.0. The third-order valence-corrected chi connectivity index (χ3v) is 7.23. The molecule has 2 heterocycles. The molecular formula is C25H25Cl2N5O. The Morgan fingerprint density at radius 2 is 1.85 bits per heavy atom. The summed E-state index contributed by atoms with van der Waals surface area (Å²) in [6.45, 7) is 6.19. The molecule has 1 aliphatic heterocycles. The standard InChI is InChI=1S/C25H25Cl2N5O/c1-3-31(4-2)16-13-11-15(12-14-16)24-29-25-28-19-9-6-10-20(33)21(19)23(32(25)30-24)17-7-5-8-18(26)22(17)27/h5,7-8,11-14,23H,3-4,6,9-10H2,1-2H3,(H,28,29,30). The number of ketones is 1. The minimum absolute atomic E-state index is 0.107. The molecule has 1 unspecified atom stereocenters. The molecule has 0 saturated heterocycles. The number of anilines is 2. The molecule has 6 nitrogen and oxygen atoms in total. The number of Topliss-reactive ketones (excluding diaryl/α,β-unsaturated/α-hetero) is 1. The molecule has 8 heteroatoms. The zero-order valence-corrected chi connectivity index (χ0v) is 20.1. The highest BCUT2D eigenvalue weighted by Crippen LogP contribution is 2.43. The van der Waals surface area contributed by atoms with E-state index in [2.05, 4.69) is 36.2 Å². The van der Waals surface area contributed by atoms with Crippen molar-refractivity contribution in [3.63, 3.8) is 0 Å². The molecule has 170 valence electrons. The number of benzene rings is 2. The first kappa shape index (κ1) is 22.0. The van der Waals surface area contributed by atoms with Gasteiger partial charge in [0.25, 0.3) is 0 Å². The fourth-order valence-corrected chi connectivity index (χ4v) is 5.12. The van der Waals surface area contributed by atoms with Crippen LogP contribution >= 0.6 is 23.2 Å². The highest BCUT2D eigenvalue weighted by Gasteiger charge is 2.38. The number of aromatic nitrogens is 3. The van der Waals surface area contributed by atoms with Crippen LogP contribution in [0.5, 0.6) is 0 Å². The minimum atomic E-state index is -0.466. The van der Waals surface area contributed by atoms with Crippen molar-refractivity contribution in [2.24, 2.45) is 0 Å². The van der Waals surface area contributed by atoms with Crippen molar-refractivity contribution in [3.8, 4) is 11.4 Å². The molecule has 0 spiro atoms. The first-order valence-electron chi connectivity index (χ1n) is 11.3. The predicted molar refractivity (Wildman–Crippen MR) is 133 cm³/mol. The number of nitrogens with one attached hydrogen (secondary N) is 1. The number of carbonyl (C=O) groups is 1. The van der Waals surface area contributed by atoms with Gasteiger partial charge in [-0.2, -0.15) is 4.98 Å². The number of allylic oxidation sites excluding steroid dienone is 2. The van der Waals surface area contributed by atoms with E-state index in [-0.39, 0.29) is 5.78 Å². The molecule has 2 aliphatic rings. The summed E-state index contributed by atoms with van der Waals surface area (Å²) in [5.41, 5.74) is 4.43. The van der Waals surface area contributed by atoms with Crippen LogP contribution in [0.1, 0.15) is 44.7 Å². The van der Waals surface area contributed by atoms with E-state index in [1.54, 1.807) is 10.7 Å². The summed E-state index contributed by atoms with van der Waals surface area (Å²) in [7, 11) is 0. The topological polar surface area (TPSA) is 63.1 Å². The van der Waals surface area contributed by atoms with Crippen LogP contribution in [0.4, 0.5) is 11.6 Å². The number of fused-ring (bicyclic) bond motifs is 1. The number of carbonyl (C=O) groups excluding carboxylic acids is 1. The smallest absolute Gasteiger partial charge is 0.226 e. The summed E-state index contributed by atoms with van der Waals surface area (Å²) < 4.78 is 1.77. The average molecular weight is 482 g/mol. The summed E-state index contributed by atoms with van der Waals surface area (Å²) in [5.74, 6) is 1.31. The number of halogens is 2. The number of nitrogens with zero attached hydrogens (tertiary/aromatic N) is 4. The van der Waals surface area contributed by atoms with Crippen LogP contribution in [0.15, 0.2) is 53.7 Å². The number of hydrogen-bond donors (Lipinski definition) is 1. The third kappa shape index (κ3) is 3.81. The van der Waals surface area contributed by atoms with Crippen molar-refractivity contribution < 1.29 is 4.79 Å². The van der Waals surface area contributed by atoms with Crippen molar-refractivity contribution in [3.05, 3.63) is 69.3 Å². The second-order valence-corrected chi connectivity index (χ2v) is 9.05. The van der Waals surface area contributed by atoms with Gasteiger partial charge in [-0.3, -0.25) is 4.79 Å². The van der Waals surface area contributed by atoms with Gasteiger partial charge in [0, 0.05) is 47.6 Å². The van der Waals surface area contributed by atoms with E-state index >= 15 is 0 Å². The van der Waals surface area contributed by atoms with E-state index in [4.69, 9.17) is 33.3 Å². The lowest BCUT2D eigenvalue weighted by Crippen LogP contribution is -2.31. The van der Waals surface area contributed by atoms with E-state index in [1.807, 2.05) is 24.3 Å². The Kier molecular flexibility index (Phi) is 5.89. The molecule has 1 N–H and O–H groups in total. The van der Waals surface area contributed by atoms with Gasteiger partial charge < -0.3 is 10.2 Å². The molecule has 1 atom stereocenters. The Hall–Kier alpha value is -2.83. The molecular weight excluding hydrogens is 457 g/mol. The van der Waals surface area contributed by atoms with Gasteiger partial charge in [-0.05, 0) is 57.0 Å². The second kappa shape index (κ2) is 8.84. The fourth-order valence-electron chi connectivity index (χ4n) is 4.71. The quantitative estimate of drug-likeness (QED) is 0.475. The van der Waals surface area contributed by atoms with Gasteiger partial charge in [-0.25, -0.2) is 4.68 Å². The average Bonchev–Trinajstić information content (AvgIpc) is 3.25. The fraction of sp³-hybridized carbons (Fsp3) is 0.320. The molecule has 33 heavy (non-hydrogen) atoms. The summed E-state index contributed by atoms with van der Waals surface area (Å²) in [6, 6.07) is 13.3. The van der Waals surface area contributed by atoms with E-state index < -0.39 is 6.04 Å². The zero-order chi connectivity index (χ0) is 23.1. The zero-order valence-electron chi connectivity index (χ0n) is 18.6. The highest BCUT2D eigenvalue weighted by atomic mass is 35.5. The van der Waals surface area contributed by atoms with E-state index in [1.165, 1.54) is 0 Å². The van der Waals surface area contributed by atoms with Gasteiger partial charge >= 0.3 is 0 Å². The number of rotatable bonds is 5. The molecule has 0 fully saturated rings. The van der Waals surface area contributed by atoms with E-state index in [0.717, 1.165) is 48.4 Å². The molecule has 1 aromatic heterocycles. The molecule has 0 saturated carbocycles. The van der Waals surface area contributed by atoms with Gasteiger partial charge in [-0.15, -0.1) is 5.10 Å². The minimum Gasteiger partial charge on any atom is -0.372 e. The van der Waals surface area contributed by atoms with Crippen LogP contribution in [-0.4, -0.2) is 33.6 Å². The lowest BCUT2D eigenvalue weighted by atomic mass is 9.85. The van der Waals surface area contributed by atoms with Gasteiger partial charge in [0.2, 0.25) is 5.95 Å². The van der Waals surface area contributed by atoms with Gasteiger partial charge in [0.1, 0.15) is 6.04 Å². The molecule has 2 aromatic carbocycles. The van der Waals surface area contributed by atoms with Crippen molar-refractivity contribution in [2.45, 2.75) is 39.2 Å². The van der Waals surface area contributed by atoms with Crippen molar-refractivity contribution in [2.75, 3.05) is 23.3 Å². The monoisotopic (exact) mass is 481 g/mol. The molecule has 1 aliphatic carbocycles. The van der Waals surface area contributed by atoms with Crippen molar-refractivity contribution >= 4 is 40.6 Å². The maximum atomic E-state index is 13.0. The van der Waals surface area contributed by atoms with Crippen molar-refractivity contribution in [1.82, 2.24) is 14.8 Å². The maximum Gasteiger partial charge on any atom is 0.226 e. The maximum absolute atomic E-state index is 13.0. The molecule has 3 aromatic rings. The Balaban J connectivity index is 1.60. The van der Waals surface area contributed by atoms with E-state index in [0.29, 0.717) is 33.8 Å². The van der Waals surface area contributed by atoms with Gasteiger partial charge in [0.05, 0.1) is 10.0 Å². The molecule has 0 amide bonds. The molecule has 5 rings (SSSR count). The van der Waals surface area contributed by atoms with Gasteiger partial charge in [0.15, 0.2) is 11.6 Å². The molecule has 0 bridgehead atoms.